The van der Waals surface area contributed by atoms with E-state index in [2.05, 4.69) is 5.32 Å². The van der Waals surface area contributed by atoms with Crippen molar-refractivity contribution in [3.05, 3.63) is 51.5 Å². The van der Waals surface area contributed by atoms with Crippen molar-refractivity contribution in [3.63, 3.8) is 0 Å². The van der Waals surface area contributed by atoms with Crippen LogP contribution >= 0.6 is 11.3 Å². The SMILES string of the molecule is Cc1cc(C(=O)O[C@H](C)C(=O)Nc2ccc(F)cc2)c(C)s1. The minimum Gasteiger partial charge on any atom is -0.449 e. The van der Waals surface area contributed by atoms with Crippen LogP contribution in [0.3, 0.4) is 0 Å². The molecule has 0 saturated carbocycles. The average molecular weight is 321 g/mol. The van der Waals surface area contributed by atoms with Gasteiger partial charge in [0.05, 0.1) is 5.56 Å². The first-order valence-corrected chi connectivity index (χ1v) is 7.53. The molecule has 1 atom stereocenters. The van der Waals surface area contributed by atoms with Gasteiger partial charge in [-0.15, -0.1) is 11.3 Å². The standard InChI is InChI=1S/C16H16FNO3S/c1-9-8-14(11(3)22-9)16(20)21-10(2)15(19)18-13-6-4-12(17)5-7-13/h4-8,10H,1-3H3,(H,18,19)/t10-/m1/s1. The number of amides is 1. The molecule has 0 spiro atoms. The molecule has 22 heavy (non-hydrogen) atoms. The number of carbonyl (C=O) groups excluding carboxylic acids is 2. The molecule has 0 aliphatic rings. The zero-order chi connectivity index (χ0) is 16.3. The van der Waals surface area contributed by atoms with E-state index in [4.69, 9.17) is 4.74 Å². The number of thiophene rings is 1. The molecule has 0 radical (unpaired) electrons. The van der Waals surface area contributed by atoms with E-state index in [0.717, 1.165) is 9.75 Å². The molecule has 1 aromatic carbocycles. The maximum atomic E-state index is 12.8. The van der Waals surface area contributed by atoms with E-state index in [0.29, 0.717) is 11.3 Å². The van der Waals surface area contributed by atoms with Crippen LogP contribution in [0.2, 0.25) is 0 Å². The molecule has 0 fully saturated rings. The van der Waals surface area contributed by atoms with Crippen LogP contribution in [0.25, 0.3) is 0 Å². The number of nitrogens with one attached hydrogen (secondary N) is 1. The summed E-state index contributed by atoms with van der Waals surface area (Å²) in [6.07, 6.45) is -0.947. The van der Waals surface area contributed by atoms with Gasteiger partial charge < -0.3 is 10.1 Å². The molecule has 2 rings (SSSR count). The molecule has 0 unspecified atom stereocenters. The summed E-state index contributed by atoms with van der Waals surface area (Å²) >= 11 is 1.50. The van der Waals surface area contributed by atoms with Gasteiger partial charge in [-0.1, -0.05) is 0 Å². The Labute approximate surface area is 131 Å². The number of anilines is 1. The Morgan fingerprint density at radius 3 is 2.41 bits per heavy atom. The lowest BCUT2D eigenvalue weighted by Crippen LogP contribution is -2.30. The van der Waals surface area contributed by atoms with E-state index in [1.165, 1.54) is 42.5 Å². The molecule has 0 saturated heterocycles. The van der Waals surface area contributed by atoms with Crippen LogP contribution in [0.4, 0.5) is 10.1 Å². The summed E-state index contributed by atoms with van der Waals surface area (Å²) in [5, 5.41) is 2.57. The summed E-state index contributed by atoms with van der Waals surface area (Å²) in [6.45, 7) is 5.22. The number of carbonyl (C=O) groups is 2. The Balaban J connectivity index is 1.97. The van der Waals surface area contributed by atoms with Crippen molar-refractivity contribution in [1.82, 2.24) is 0 Å². The smallest absolute Gasteiger partial charge is 0.340 e. The number of halogens is 1. The van der Waals surface area contributed by atoms with Gasteiger partial charge in [0.15, 0.2) is 6.10 Å². The Morgan fingerprint density at radius 1 is 1.23 bits per heavy atom. The molecular weight excluding hydrogens is 305 g/mol. The lowest BCUT2D eigenvalue weighted by atomic mass is 10.2. The number of hydrogen-bond donors (Lipinski definition) is 1. The minimum atomic E-state index is -0.947. The van der Waals surface area contributed by atoms with Gasteiger partial charge in [-0.3, -0.25) is 4.79 Å². The Hall–Kier alpha value is -2.21. The van der Waals surface area contributed by atoms with E-state index >= 15 is 0 Å². The molecule has 1 aromatic heterocycles. The zero-order valence-corrected chi connectivity index (χ0v) is 13.3. The van der Waals surface area contributed by atoms with Crippen LogP contribution in [0, 0.1) is 19.7 Å². The second-order valence-corrected chi connectivity index (χ2v) is 6.33. The topological polar surface area (TPSA) is 55.4 Å². The van der Waals surface area contributed by atoms with Gasteiger partial charge in [0, 0.05) is 15.4 Å². The van der Waals surface area contributed by atoms with E-state index in [1.54, 1.807) is 6.07 Å². The van der Waals surface area contributed by atoms with Crippen molar-refractivity contribution < 1.29 is 18.7 Å². The molecule has 0 aliphatic carbocycles. The largest absolute Gasteiger partial charge is 0.449 e. The van der Waals surface area contributed by atoms with Crippen LogP contribution in [-0.4, -0.2) is 18.0 Å². The third-order valence-electron chi connectivity index (χ3n) is 3.03. The number of aryl methyl sites for hydroxylation is 2. The second kappa shape index (κ2) is 6.70. The van der Waals surface area contributed by atoms with E-state index < -0.39 is 18.0 Å². The predicted molar refractivity (Wildman–Crippen MR) is 83.7 cm³/mol. The molecule has 0 bridgehead atoms. The zero-order valence-electron chi connectivity index (χ0n) is 12.5. The van der Waals surface area contributed by atoms with Gasteiger partial charge in [-0.05, 0) is 51.1 Å². The number of rotatable bonds is 4. The van der Waals surface area contributed by atoms with Crippen LogP contribution in [0.1, 0.15) is 27.0 Å². The second-order valence-electron chi connectivity index (χ2n) is 4.87. The van der Waals surface area contributed by atoms with Crippen molar-refractivity contribution in [2.45, 2.75) is 26.9 Å². The lowest BCUT2D eigenvalue weighted by Gasteiger charge is -2.13. The fourth-order valence-electron chi connectivity index (χ4n) is 1.89. The van der Waals surface area contributed by atoms with Gasteiger partial charge >= 0.3 is 5.97 Å². The van der Waals surface area contributed by atoms with Gasteiger partial charge in [0.25, 0.3) is 5.91 Å². The predicted octanol–water partition coefficient (Wildman–Crippen LogP) is 3.69. The fraction of sp³-hybridized carbons (Fsp3) is 0.250. The number of ether oxygens (including phenoxy) is 1. The van der Waals surface area contributed by atoms with Crippen molar-refractivity contribution in [2.75, 3.05) is 5.32 Å². The fourth-order valence-corrected chi connectivity index (χ4v) is 2.80. The van der Waals surface area contributed by atoms with E-state index in [-0.39, 0.29) is 5.82 Å². The summed E-state index contributed by atoms with van der Waals surface area (Å²) < 4.78 is 18.0. The summed E-state index contributed by atoms with van der Waals surface area (Å²) in [4.78, 5) is 25.9. The molecule has 116 valence electrons. The van der Waals surface area contributed by atoms with Crippen LogP contribution in [-0.2, 0) is 9.53 Å². The molecule has 4 nitrogen and oxygen atoms in total. The minimum absolute atomic E-state index is 0.388. The molecule has 1 amide bonds. The van der Waals surface area contributed by atoms with Crippen LogP contribution in [0.5, 0.6) is 0 Å². The molecule has 1 N–H and O–H groups in total. The number of esters is 1. The first-order chi connectivity index (χ1) is 10.4. The molecule has 0 aliphatic heterocycles. The molecule has 2 aromatic rings. The molecule has 1 heterocycles. The van der Waals surface area contributed by atoms with Crippen molar-refractivity contribution in [2.24, 2.45) is 0 Å². The molecular formula is C16H16FNO3S. The van der Waals surface area contributed by atoms with Gasteiger partial charge in [-0.25, -0.2) is 9.18 Å². The molecule has 6 heteroatoms. The summed E-state index contributed by atoms with van der Waals surface area (Å²) in [5.74, 6) is -1.38. The Kier molecular flexibility index (Phi) is 4.92. The van der Waals surface area contributed by atoms with Crippen LogP contribution in [0.15, 0.2) is 30.3 Å². The monoisotopic (exact) mass is 321 g/mol. The summed E-state index contributed by atoms with van der Waals surface area (Å²) in [5.41, 5.74) is 0.917. The van der Waals surface area contributed by atoms with Crippen molar-refractivity contribution in [3.8, 4) is 0 Å². The van der Waals surface area contributed by atoms with Gasteiger partial charge in [0.2, 0.25) is 0 Å². The summed E-state index contributed by atoms with van der Waals surface area (Å²) in [7, 11) is 0. The highest BCUT2D eigenvalue weighted by atomic mass is 32.1. The van der Waals surface area contributed by atoms with Crippen molar-refractivity contribution >= 4 is 28.9 Å². The number of hydrogen-bond acceptors (Lipinski definition) is 4. The number of benzene rings is 1. The van der Waals surface area contributed by atoms with Gasteiger partial charge in [-0.2, -0.15) is 0 Å². The Morgan fingerprint density at radius 2 is 1.86 bits per heavy atom. The van der Waals surface area contributed by atoms with Gasteiger partial charge in [0.1, 0.15) is 5.82 Å². The highest BCUT2D eigenvalue weighted by molar-refractivity contribution is 7.12. The first-order valence-electron chi connectivity index (χ1n) is 6.71. The van der Waals surface area contributed by atoms with Crippen molar-refractivity contribution in [1.29, 1.82) is 0 Å². The summed E-state index contributed by atoms with van der Waals surface area (Å²) in [6, 6.07) is 7.10. The highest BCUT2D eigenvalue weighted by Gasteiger charge is 2.21. The maximum Gasteiger partial charge on any atom is 0.340 e. The average Bonchev–Trinajstić information content (AvgIpc) is 2.80. The first kappa shape index (κ1) is 16.2. The lowest BCUT2D eigenvalue weighted by molar-refractivity contribution is -0.123. The quantitative estimate of drug-likeness (QED) is 0.874. The third-order valence-corrected chi connectivity index (χ3v) is 3.99. The highest BCUT2D eigenvalue weighted by Crippen LogP contribution is 2.21. The third kappa shape index (κ3) is 3.92. The van der Waals surface area contributed by atoms with Crippen LogP contribution < -0.4 is 5.32 Å². The Bertz CT molecular complexity index is 694. The maximum absolute atomic E-state index is 12.8. The van der Waals surface area contributed by atoms with E-state index in [1.807, 2.05) is 13.8 Å². The normalized spacial score (nSPS) is 11.8. The van der Waals surface area contributed by atoms with E-state index in [9.17, 15) is 14.0 Å².